The van der Waals surface area contributed by atoms with E-state index < -0.39 is 5.82 Å². The van der Waals surface area contributed by atoms with Gasteiger partial charge in [-0.1, -0.05) is 25.3 Å². The molecule has 1 fully saturated rings. The molecule has 3 heteroatoms. The number of halogens is 1. The predicted octanol–water partition coefficient (Wildman–Crippen LogP) is 2.69. The molecule has 1 aromatic carbocycles. The van der Waals surface area contributed by atoms with Gasteiger partial charge in [0.15, 0.2) is 11.6 Å². The molecule has 3 N–H and O–H groups in total. The number of benzene rings is 1. The van der Waals surface area contributed by atoms with Gasteiger partial charge in [-0.25, -0.2) is 4.39 Å². The predicted molar refractivity (Wildman–Crippen MR) is 61.9 cm³/mol. The molecule has 0 heterocycles. The van der Waals surface area contributed by atoms with Crippen LogP contribution in [0.15, 0.2) is 18.2 Å². The number of phenolic OH excluding ortho intramolecular Hbond substituents is 1. The highest BCUT2D eigenvalue weighted by molar-refractivity contribution is 5.35. The molecule has 1 aliphatic carbocycles. The van der Waals surface area contributed by atoms with Crippen LogP contribution in [0.4, 0.5) is 4.39 Å². The first kappa shape index (κ1) is 11.4. The van der Waals surface area contributed by atoms with Gasteiger partial charge in [-0.3, -0.25) is 0 Å². The minimum Gasteiger partial charge on any atom is -0.505 e. The summed E-state index contributed by atoms with van der Waals surface area (Å²) in [7, 11) is 0. The number of hydrogen-bond donors (Lipinski definition) is 2. The summed E-state index contributed by atoms with van der Waals surface area (Å²) in [6.45, 7) is 0.568. The Kier molecular flexibility index (Phi) is 3.15. The van der Waals surface area contributed by atoms with Crippen LogP contribution in [0.5, 0.6) is 5.75 Å². The van der Waals surface area contributed by atoms with Crippen molar-refractivity contribution < 1.29 is 9.50 Å². The van der Waals surface area contributed by atoms with Crippen molar-refractivity contribution in [2.24, 2.45) is 5.73 Å². The van der Waals surface area contributed by atoms with Gasteiger partial charge in [-0.05, 0) is 30.5 Å². The molecule has 1 saturated carbocycles. The normalized spacial score (nSPS) is 19.6. The monoisotopic (exact) mass is 223 g/mol. The molecule has 2 rings (SSSR count). The maximum atomic E-state index is 13.0. The highest BCUT2D eigenvalue weighted by Crippen LogP contribution is 2.39. The van der Waals surface area contributed by atoms with Gasteiger partial charge >= 0.3 is 0 Å². The first-order chi connectivity index (χ1) is 7.68. The molecule has 1 aliphatic rings. The van der Waals surface area contributed by atoms with Gasteiger partial charge in [-0.15, -0.1) is 0 Å². The van der Waals surface area contributed by atoms with Crippen molar-refractivity contribution in [2.45, 2.75) is 37.5 Å². The lowest BCUT2D eigenvalue weighted by molar-refractivity contribution is 0.299. The van der Waals surface area contributed by atoms with Crippen LogP contribution < -0.4 is 5.73 Å². The zero-order valence-corrected chi connectivity index (χ0v) is 9.38. The maximum absolute atomic E-state index is 13.0. The Balaban J connectivity index is 2.35. The van der Waals surface area contributed by atoms with Gasteiger partial charge in [0.05, 0.1) is 0 Å². The van der Waals surface area contributed by atoms with Crippen molar-refractivity contribution in [3.63, 3.8) is 0 Å². The van der Waals surface area contributed by atoms with Gasteiger partial charge in [0.1, 0.15) is 0 Å². The largest absolute Gasteiger partial charge is 0.505 e. The second kappa shape index (κ2) is 4.42. The van der Waals surface area contributed by atoms with Crippen molar-refractivity contribution in [1.29, 1.82) is 0 Å². The molecule has 0 amide bonds. The Morgan fingerprint density at radius 3 is 2.50 bits per heavy atom. The molecule has 88 valence electrons. The minimum atomic E-state index is -0.563. The lowest BCUT2D eigenvalue weighted by atomic mass is 9.69. The van der Waals surface area contributed by atoms with Crippen LogP contribution in [-0.4, -0.2) is 11.7 Å². The van der Waals surface area contributed by atoms with Crippen molar-refractivity contribution in [1.82, 2.24) is 0 Å². The SMILES string of the molecule is NCC1(c2ccc(F)c(O)c2)CCCCC1. The van der Waals surface area contributed by atoms with Crippen molar-refractivity contribution >= 4 is 0 Å². The fourth-order valence-corrected chi connectivity index (χ4v) is 2.68. The second-order valence-electron chi connectivity index (χ2n) is 4.71. The van der Waals surface area contributed by atoms with Crippen LogP contribution in [0.3, 0.4) is 0 Å². The molecule has 0 aromatic heterocycles. The van der Waals surface area contributed by atoms with E-state index in [1.165, 1.54) is 18.6 Å². The van der Waals surface area contributed by atoms with Gasteiger partial charge in [0.25, 0.3) is 0 Å². The van der Waals surface area contributed by atoms with Gasteiger partial charge in [0, 0.05) is 12.0 Å². The van der Waals surface area contributed by atoms with E-state index in [1.807, 2.05) is 0 Å². The van der Waals surface area contributed by atoms with Crippen molar-refractivity contribution in [3.05, 3.63) is 29.6 Å². The molecular weight excluding hydrogens is 205 g/mol. The van der Waals surface area contributed by atoms with E-state index in [9.17, 15) is 9.50 Å². The lowest BCUT2D eigenvalue weighted by Crippen LogP contribution is -2.37. The lowest BCUT2D eigenvalue weighted by Gasteiger charge is -2.36. The van der Waals surface area contributed by atoms with E-state index in [-0.39, 0.29) is 11.2 Å². The van der Waals surface area contributed by atoms with Crippen molar-refractivity contribution in [3.8, 4) is 5.75 Å². The van der Waals surface area contributed by atoms with Crippen molar-refractivity contribution in [2.75, 3.05) is 6.54 Å². The average Bonchev–Trinajstić information content (AvgIpc) is 2.33. The Morgan fingerprint density at radius 2 is 1.94 bits per heavy atom. The standard InChI is InChI=1S/C13H18FNO/c14-11-5-4-10(8-12(11)16)13(9-15)6-2-1-3-7-13/h4-5,8,16H,1-3,6-7,9,15H2. The average molecular weight is 223 g/mol. The van der Waals surface area contributed by atoms with E-state index in [2.05, 4.69) is 0 Å². The third-order valence-electron chi connectivity index (χ3n) is 3.76. The van der Waals surface area contributed by atoms with E-state index in [1.54, 1.807) is 6.07 Å². The summed E-state index contributed by atoms with van der Waals surface area (Å²) in [5.41, 5.74) is 6.81. The van der Waals surface area contributed by atoms with Crippen LogP contribution in [0, 0.1) is 5.82 Å². The number of hydrogen-bond acceptors (Lipinski definition) is 2. The fourth-order valence-electron chi connectivity index (χ4n) is 2.68. The molecular formula is C13H18FNO. The quantitative estimate of drug-likeness (QED) is 0.809. The Hall–Kier alpha value is -1.09. The first-order valence-corrected chi connectivity index (χ1v) is 5.87. The van der Waals surface area contributed by atoms with Crippen LogP contribution in [0.1, 0.15) is 37.7 Å². The van der Waals surface area contributed by atoms with Gasteiger partial charge in [0.2, 0.25) is 0 Å². The van der Waals surface area contributed by atoms with Crippen LogP contribution in [-0.2, 0) is 5.41 Å². The number of phenols is 1. The van der Waals surface area contributed by atoms with E-state index >= 15 is 0 Å². The highest BCUT2D eigenvalue weighted by atomic mass is 19.1. The summed E-state index contributed by atoms with van der Waals surface area (Å²) in [5, 5.41) is 9.42. The van der Waals surface area contributed by atoms with Crippen LogP contribution in [0.2, 0.25) is 0 Å². The fraction of sp³-hybridized carbons (Fsp3) is 0.538. The Labute approximate surface area is 95.3 Å². The Morgan fingerprint density at radius 1 is 1.25 bits per heavy atom. The van der Waals surface area contributed by atoms with Crippen LogP contribution >= 0.6 is 0 Å². The summed E-state index contributed by atoms with van der Waals surface area (Å²) in [5.74, 6) is -0.831. The summed E-state index contributed by atoms with van der Waals surface area (Å²) in [6, 6.07) is 4.62. The zero-order valence-electron chi connectivity index (χ0n) is 9.38. The van der Waals surface area contributed by atoms with Gasteiger partial charge < -0.3 is 10.8 Å². The number of rotatable bonds is 2. The molecule has 16 heavy (non-hydrogen) atoms. The molecule has 0 unspecified atom stereocenters. The third kappa shape index (κ3) is 1.92. The zero-order chi connectivity index (χ0) is 11.6. The Bertz CT molecular complexity index is 372. The molecule has 0 bridgehead atoms. The van der Waals surface area contributed by atoms with Crippen LogP contribution in [0.25, 0.3) is 0 Å². The molecule has 2 nitrogen and oxygen atoms in total. The summed E-state index contributed by atoms with van der Waals surface area (Å²) in [6.07, 6.45) is 5.64. The summed E-state index contributed by atoms with van der Waals surface area (Å²) in [4.78, 5) is 0. The molecule has 1 aromatic rings. The minimum absolute atomic E-state index is 0.0522. The topological polar surface area (TPSA) is 46.2 Å². The van der Waals surface area contributed by atoms with E-state index in [4.69, 9.17) is 5.73 Å². The number of nitrogens with two attached hydrogens (primary N) is 1. The smallest absolute Gasteiger partial charge is 0.164 e. The first-order valence-electron chi connectivity index (χ1n) is 5.87. The second-order valence-corrected chi connectivity index (χ2v) is 4.71. The van der Waals surface area contributed by atoms with E-state index in [0.717, 1.165) is 31.2 Å². The molecule has 0 aliphatic heterocycles. The third-order valence-corrected chi connectivity index (χ3v) is 3.76. The summed E-state index contributed by atoms with van der Waals surface area (Å²) < 4.78 is 13.0. The molecule has 0 radical (unpaired) electrons. The molecule has 0 saturated heterocycles. The van der Waals surface area contributed by atoms with E-state index in [0.29, 0.717) is 6.54 Å². The molecule has 0 spiro atoms. The number of aromatic hydroxyl groups is 1. The highest BCUT2D eigenvalue weighted by Gasteiger charge is 2.32. The molecule has 0 atom stereocenters. The van der Waals surface area contributed by atoms with Gasteiger partial charge in [-0.2, -0.15) is 0 Å². The maximum Gasteiger partial charge on any atom is 0.164 e. The summed E-state index contributed by atoms with van der Waals surface area (Å²) >= 11 is 0.